The lowest BCUT2D eigenvalue weighted by atomic mass is 10.0. The van der Waals surface area contributed by atoms with E-state index in [1.807, 2.05) is 0 Å². The van der Waals surface area contributed by atoms with E-state index in [4.69, 9.17) is 21.8 Å². The predicted octanol–water partition coefficient (Wildman–Crippen LogP) is 0.522. The van der Waals surface area contributed by atoms with Crippen LogP contribution in [0.4, 0.5) is 0 Å². The fraction of sp³-hybridized carbons (Fsp3) is 0.333. The number of halogens is 1. The van der Waals surface area contributed by atoms with E-state index in [2.05, 4.69) is 4.98 Å². The average molecular weight is 232 g/mol. The first-order valence-electron chi connectivity index (χ1n) is 4.14. The van der Waals surface area contributed by atoms with Crippen molar-refractivity contribution >= 4 is 17.6 Å². The molecule has 0 aliphatic heterocycles. The Kier molecular flexibility index (Phi) is 3.62. The van der Waals surface area contributed by atoms with Crippen molar-refractivity contribution in [3.63, 3.8) is 0 Å². The van der Waals surface area contributed by atoms with Gasteiger partial charge in [-0.25, -0.2) is 9.78 Å². The summed E-state index contributed by atoms with van der Waals surface area (Å²) in [6, 6.07) is 1.48. The Morgan fingerprint density at radius 1 is 1.53 bits per heavy atom. The zero-order valence-corrected chi connectivity index (χ0v) is 8.64. The highest BCUT2D eigenvalue weighted by Crippen LogP contribution is 2.21. The Balaban J connectivity index is 3.01. The number of carbonyl (C=O) groups is 1. The molecule has 0 aromatic carbocycles. The van der Waals surface area contributed by atoms with Crippen molar-refractivity contribution in [2.24, 2.45) is 0 Å². The lowest BCUT2D eigenvalue weighted by Gasteiger charge is -2.15. The van der Waals surface area contributed by atoms with Crippen molar-refractivity contribution < 1.29 is 20.1 Å². The number of nitrogens with zero attached hydrogens (tertiary/aromatic N) is 1. The molecule has 1 rings (SSSR count). The number of hydrogen-bond donors (Lipinski definition) is 3. The van der Waals surface area contributed by atoms with Crippen LogP contribution in [0.2, 0.25) is 5.15 Å². The molecule has 1 aromatic rings. The molecule has 2 atom stereocenters. The van der Waals surface area contributed by atoms with Gasteiger partial charge in [0.2, 0.25) is 0 Å². The van der Waals surface area contributed by atoms with Crippen LogP contribution in [0.3, 0.4) is 0 Å². The van der Waals surface area contributed by atoms with E-state index in [9.17, 15) is 9.90 Å². The summed E-state index contributed by atoms with van der Waals surface area (Å²) in [6.45, 7) is 1.64. The molecular formula is C9H10ClNO4. The van der Waals surface area contributed by atoms with E-state index >= 15 is 0 Å². The monoisotopic (exact) mass is 231 g/mol. The van der Waals surface area contributed by atoms with Gasteiger partial charge in [0.15, 0.2) is 6.10 Å². The van der Waals surface area contributed by atoms with Crippen LogP contribution in [0.25, 0.3) is 0 Å². The molecule has 0 saturated heterocycles. The van der Waals surface area contributed by atoms with Gasteiger partial charge in [0.1, 0.15) is 11.3 Å². The van der Waals surface area contributed by atoms with Gasteiger partial charge in [0.05, 0.1) is 0 Å². The Morgan fingerprint density at radius 2 is 2.13 bits per heavy atom. The highest BCUT2D eigenvalue weighted by atomic mass is 35.5. The summed E-state index contributed by atoms with van der Waals surface area (Å²) >= 11 is 5.59. The maximum Gasteiger partial charge on any atom is 0.335 e. The number of rotatable bonds is 3. The molecule has 3 N–H and O–H groups in total. The lowest BCUT2D eigenvalue weighted by Crippen LogP contribution is -2.28. The van der Waals surface area contributed by atoms with Crippen LogP contribution in [0.1, 0.15) is 17.2 Å². The number of aliphatic hydroxyl groups excluding tert-OH is 2. The second-order valence-electron chi connectivity index (χ2n) is 3.09. The molecule has 0 aliphatic carbocycles. The highest BCUT2D eigenvalue weighted by Gasteiger charge is 2.26. The van der Waals surface area contributed by atoms with Crippen molar-refractivity contribution in [1.29, 1.82) is 0 Å². The van der Waals surface area contributed by atoms with E-state index in [1.165, 1.54) is 12.3 Å². The summed E-state index contributed by atoms with van der Waals surface area (Å²) in [6.07, 6.45) is -2.13. The number of aliphatic hydroxyl groups is 2. The van der Waals surface area contributed by atoms with Gasteiger partial charge < -0.3 is 15.3 Å². The maximum atomic E-state index is 10.4. The molecule has 0 bridgehead atoms. The first-order chi connectivity index (χ1) is 6.93. The summed E-state index contributed by atoms with van der Waals surface area (Å²) in [5.74, 6) is -1.49. The standard InChI is InChI=1S/C9H10ClNO4/c1-4-2-6(10)11-3-5(4)7(12)8(13)9(14)15/h2-3,7-8,12-13H,1H3,(H,14,15). The molecule has 6 heteroatoms. The van der Waals surface area contributed by atoms with Crippen LogP contribution >= 0.6 is 11.6 Å². The summed E-state index contributed by atoms with van der Waals surface area (Å²) < 4.78 is 0. The molecule has 0 saturated carbocycles. The molecule has 0 radical (unpaired) electrons. The molecule has 1 aromatic heterocycles. The summed E-state index contributed by atoms with van der Waals surface area (Å²) in [4.78, 5) is 14.1. The van der Waals surface area contributed by atoms with Crippen molar-refractivity contribution in [3.05, 3.63) is 28.5 Å². The SMILES string of the molecule is Cc1cc(Cl)ncc1C(O)C(O)C(=O)O. The Hall–Kier alpha value is -1.17. The first-order valence-corrected chi connectivity index (χ1v) is 4.52. The normalized spacial score (nSPS) is 14.7. The Morgan fingerprint density at radius 3 is 2.60 bits per heavy atom. The lowest BCUT2D eigenvalue weighted by molar-refractivity contribution is -0.153. The fourth-order valence-electron chi connectivity index (χ4n) is 1.15. The van der Waals surface area contributed by atoms with Crippen LogP contribution < -0.4 is 0 Å². The molecule has 0 aliphatic rings. The van der Waals surface area contributed by atoms with Crippen LogP contribution in [0.5, 0.6) is 0 Å². The van der Waals surface area contributed by atoms with E-state index in [0.717, 1.165) is 0 Å². The first kappa shape index (κ1) is 11.9. The van der Waals surface area contributed by atoms with Gasteiger partial charge in [0.25, 0.3) is 0 Å². The van der Waals surface area contributed by atoms with Gasteiger partial charge in [-0.2, -0.15) is 0 Å². The van der Waals surface area contributed by atoms with Crippen LogP contribution in [-0.2, 0) is 4.79 Å². The molecule has 0 spiro atoms. The van der Waals surface area contributed by atoms with Crippen LogP contribution in [0, 0.1) is 6.92 Å². The minimum Gasteiger partial charge on any atom is -0.479 e. The van der Waals surface area contributed by atoms with Gasteiger partial charge >= 0.3 is 5.97 Å². The maximum absolute atomic E-state index is 10.4. The molecule has 1 heterocycles. The molecule has 5 nitrogen and oxygen atoms in total. The van der Waals surface area contributed by atoms with Crippen LogP contribution in [0.15, 0.2) is 12.3 Å². The third-order valence-corrected chi connectivity index (χ3v) is 2.20. The Bertz CT molecular complexity index is 382. The fourth-order valence-corrected chi connectivity index (χ4v) is 1.36. The van der Waals surface area contributed by atoms with Gasteiger partial charge in [0, 0.05) is 11.8 Å². The van der Waals surface area contributed by atoms with Crippen molar-refractivity contribution in [3.8, 4) is 0 Å². The Labute approximate surface area is 91.0 Å². The summed E-state index contributed by atoms with van der Waals surface area (Å²) in [5, 5.41) is 27.4. The molecular weight excluding hydrogens is 222 g/mol. The average Bonchev–Trinajstić information content (AvgIpc) is 2.15. The minimum atomic E-state index is -1.87. The van der Waals surface area contributed by atoms with Gasteiger partial charge in [-0.3, -0.25) is 0 Å². The number of aryl methyl sites for hydroxylation is 1. The smallest absolute Gasteiger partial charge is 0.335 e. The summed E-state index contributed by atoms with van der Waals surface area (Å²) in [7, 11) is 0. The van der Waals surface area contributed by atoms with Crippen molar-refractivity contribution in [2.45, 2.75) is 19.1 Å². The topological polar surface area (TPSA) is 90.7 Å². The van der Waals surface area contributed by atoms with Crippen molar-refractivity contribution in [2.75, 3.05) is 0 Å². The van der Waals surface area contributed by atoms with Crippen molar-refractivity contribution in [1.82, 2.24) is 4.98 Å². The third kappa shape index (κ3) is 2.65. The van der Waals surface area contributed by atoms with E-state index < -0.39 is 18.2 Å². The highest BCUT2D eigenvalue weighted by molar-refractivity contribution is 6.29. The van der Waals surface area contributed by atoms with Gasteiger partial charge in [-0.05, 0) is 18.6 Å². The molecule has 15 heavy (non-hydrogen) atoms. The van der Waals surface area contributed by atoms with Gasteiger partial charge in [-0.1, -0.05) is 11.6 Å². The van der Waals surface area contributed by atoms with Gasteiger partial charge in [-0.15, -0.1) is 0 Å². The number of carboxylic acid groups (broad SMARTS) is 1. The molecule has 2 unspecified atom stereocenters. The zero-order valence-electron chi connectivity index (χ0n) is 7.88. The second-order valence-corrected chi connectivity index (χ2v) is 3.48. The third-order valence-electron chi connectivity index (χ3n) is 1.99. The zero-order chi connectivity index (χ0) is 11.6. The molecule has 82 valence electrons. The molecule has 0 amide bonds. The number of pyridine rings is 1. The summed E-state index contributed by atoms with van der Waals surface area (Å²) in [5.41, 5.74) is 0.817. The predicted molar refractivity (Wildman–Crippen MR) is 52.6 cm³/mol. The van der Waals surface area contributed by atoms with E-state index in [1.54, 1.807) is 6.92 Å². The number of aliphatic carboxylic acids is 1. The van der Waals surface area contributed by atoms with Crippen LogP contribution in [-0.4, -0.2) is 32.4 Å². The minimum absolute atomic E-state index is 0.244. The quantitative estimate of drug-likeness (QED) is 0.660. The second kappa shape index (κ2) is 4.57. The van der Waals surface area contributed by atoms with E-state index in [0.29, 0.717) is 5.56 Å². The molecule has 0 fully saturated rings. The van der Waals surface area contributed by atoms with E-state index in [-0.39, 0.29) is 10.7 Å². The largest absolute Gasteiger partial charge is 0.479 e. The number of hydrogen-bond acceptors (Lipinski definition) is 4. The number of carboxylic acids is 1. The number of aromatic nitrogens is 1.